The molecule has 138 valence electrons. The van der Waals surface area contributed by atoms with Crippen LogP contribution in [-0.4, -0.2) is 27.3 Å². The molecule has 0 bridgehead atoms. The molecule has 0 aliphatic carbocycles. The maximum Gasteiger partial charge on any atom is 0.266 e. The number of halogens is 1. The first-order chi connectivity index (χ1) is 13.1. The molecule has 0 saturated carbocycles. The number of aryl methyl sites for hydroxylation is 1. The standard InChI is InChI=1S/C21H20FN3OS/c1-14-20(27-13-23-14)21(26)25-10-4-9-19(25)18-8-3-7-17(24-18)12-15-5-2-6-16(22)11-15/h2-3,5-8,11,13,19H,4,9-10,12H2,1H3/t19-/m1/s1. The maximum absolute atomic E-state index is 13.4. The van der Waals surface area contributed by atoms with Crippen LogP contribution in [0.15, 0.2) is 48.0 Å². The van der Waals surface area contributed by atoms with Crippen molar-refractivity contribution in [2.75, 3.05) is 6.54 Å². The summed E-state index contributed by atoms with van der Waals surface area (Å²) >= 11 is 1.39. The van der Waals surface area contributed by atoms with E-state index >= 15 is 0 Å². The number of carbonyl (C=O) groups excluding carboxylic acids is 1. The van der Waals surface area contributed by atoms with Crippen LogP contribution in [0.2, 0.25) is 0 Å². The molecule has 0 radical (unpaired) electrons. The predicted octanol–water partition coefficient (Wildman–Crippen LogP) is 4.55. The van der Waals surface area contributed by atoms with Crippen molar-refractivity contribution < 1.29 is 9.18 Å². The molecular weight excluding hydrogens is 361 g/mol. The van der Waals surface area contributed by atoms with E-state index in [2.05, 4.69) is 4.98 Å². The Hall–Kier alpha value is -2.60. The fourth-order valence-electron chi connectivity index (χ4n) is 3.59. The number of carbonyl (C=O) groups is 1. The van der Waals surface area contributed by atoms with E-state index in [1.54, 1.807) is 11.6 Å². The van der Waals surface area contributed by atoms with Crippen LogP contribution in [0.3, 0.4) is 0 Å². The summed E-state index contributed by atoms with van der Waals surface area (Å²) in [4.78, 5) is 24.6. The average Bonchev–Trinajstić information content (AvgIpc) is 3.30. The van der Waals surface area contributed by atoms with Gasteiger partial charge in [-0.1, -0.05) is 18.2 Å². The lowest BCUT2D eigenvalue weighted by Gasteiger charge is -2.24. The monoisotopic (exact) mass is 381 g/mol. The summed E-state index contributed by atoms with van der Waals surface area (Å²) in [5, 5.41) is 0. The highest BCUT2D eigenvalue weighted by molar-refractivity contribution is 7.11. The number of thiazole rings is 1. The number of benzene rings is 1. The fraction of sp³-hybridized carbons (Fsp3) is 0.286. The van der Waals surface area contributed by atoms with Gasteiger partial charge < -0.3 is 4.90 Å². The van der Waals surface area contributed by atoms with E-state index in [9.17, 15) is 9.18 Å². The molecular formula is C21H20FN3OS. The Morgan fingerprint density at radius 2 is 2.15 bits per heavy atom. The van der Waals surface area contributed by atoms with Crippen LogP contribution in [0.4, 0.5) is 4.39 Å². The van der Waals surface area contributed by atoms with Crippen LogP contribution in [0.5, 0.6) is 0 Å². The van der Waals surface area contributed by atoms with Crippen molar-refractivity contribution in [1.82, 2.24) is 14.9 Å². The number of rotatable bonds is 4. The van der Waals surface area contributed by atoms with Gasteiger partial charge in [-0.15, -0.1) is 11.3 Å². The zero-order valence-corrected chi connectivity index (χ0v) is 15.9. The van der Waals surface area contributed by atoms with Gasteiger partial charge in [0.2, 0.25) is 0 Å². The molecule has 27 heavy (non-hydrogen) atoms. The molecule has 1 aliphatic heterocycles. The summed E-state index contributed by atoms with van der Waals surface area (Å²) < 4.78 is 13.4. The van der Waals surface area contributed by atoms with Crippen molar-refractivity contribution >= 4 is 17.2 Å². The maximum atomic E-state index is 13.4. The number of pyridine rings is 1. The van der Waals surface area contributed by atoms with Crippen molar-refractivity contribution in [1.29, 1.82) is 0 Å². The minimum atomic E-state index is -0.240. The molecule has 1 atom stereocenters. The van der Waals surface area contributed by atoms with Gasteiger partial charge in [0.1, 0.15) is 10.7 Å². The van der Waals surface area contributed by atoms with Gasteiger partial charge in [0.25, 0.3) is 5.91 Å². The number of nitrogens with zero attached hydrogens (tertiary/aromatic N) is 3. The van der Waals surface area contributed by atoms with Gasteiger partial charge in [0.05, 0.1) is 22.9 Å². The number of hydrogen-bond acceptors (Lipinski definition) is 4. The summed E-state index contributed by atoms with van der Waals surface area (Å²) in [5.41, 5.74) is 5.16. The van der Waals surface area contributed by atoms with Crippen LogP contribution in [0.1, 0.15) is 51.2 Å². The highest BCUT2D eigenvalue weighted by Crippen LogP contribution is 2.33. The first-order valence-electron chi connectivity index (χ1n) is 9.03. The van der Waals surface area contributed by atoms with Crippen LogP contribution in [0, 0.1) is 12.7 Å². The summed E-state index contributed by atoms with van der Waals surface area (Å²) in [6, 6.07) is 12.5. The SMILES string of the molecule is Cc1ncsc1C(=O)N1CCC[C@@H]1c1cccc(Cc2cccc(F)c2)n1. The molecule has 4 nitrogen and oxygen atoms in total. The Bertz CT molecular complexity index is 971. The molecule has 1 saturated heterocycles. The van der Waals surface area contributed by atoms with E-state index in [-0.39, 0.29) is 17.8 Å². The molecule has 1 amide bonds. The fourth-order valence-corrected chi connectivity index (χ4v) is 4.35. The Morgan fingerprint density at radius 3 is 2.93 bits per heavy atom. The molecule has 0 spiro atoms. The lowest BCUT2D eigenvalue weighted by Crippen LogP contribution is -2.31. The highest BCUT2D eigenvalue weighted by Gasteiger charge is 2.32. The van der Waals surface area contributed by atoms with Crippen LogP contribution < -0.4 is 0 Å². The first-order valence-corrected chi connectivity index (χ1v) is 9.91. The second kappa shape index (κ2) is 7.56. The molecule has 1 aliphatic rings. The van der Waals surface area contributed by atoms with E-state index in [1.165, 1.54) is 23.5 Å². The normalized spacial score (nSPS) is 16.7. The van der Waals surface area contributed by atoms with Crippen LogP contribution in [0.25, 0.3) is 0 Å². The molecule has 1 fully saturated rings. The lowest BCUT2D eigenvalue weighted by molar-refractivity contribution is 0.0736. The van der Waals surface area contributed by atoms with Gasteiger partial charge in [-0.2, -0.15) is 0 Å². The number of hydrogen-bond donors (Lipinski definition) is 0. The largest absolute Gasteiger partial charge is 0.329 e. The lowest BCUT2D eigenvalue weighted by atomic mass is 10.1. The Labute approximate surface area is 161 Å². The van der Waals surface area contributed by atoms with Gasteiger partial charge in [0.15, 0.2) is 0 Å². The average molecular weight is 381 g/mol. The van der Waals surface area contributed by atoms with Crippen LogP contribution >= 0.6 is 11.3 Å². The zero-order chi connectivity index (χ0) is 18.8. The molecule has 3 aromatic rings. The van der Waals surface area contributed by atoms with Gasteiger partial charge >= 0.3 is 0 Å². The minimum Gasteiger partial charge on any atom is -0.329 e. The smallest absolute Gasteiger partial charge is 0.266 e. The Kier molecular flexibility index (Phi) is 4.99. The topological polar surface area (TPSA) is 46.1 Å². The van der Waals surface area contributed by atoms with Gasteiger partial charge in [-0.3, -0.25) is 9.78 Å². The van der Waals surface area contributed by atoms with Crippen molar-refractivity contribution in [3.8, 4) is 0 Å². The molecule has 0 N–H and O–H groups in total. The van der Waals surface area contributed by atoms with Crippen LogP contribution in [-0.2, 0) is 6.42 Å². The first kappa shape index (κ1) is 17.8. The molecule has 6 heteroatoms. The highest BCUT2D eigenvalue weighted by atomic mass is 32.1. The Balaban J connectivity index is 1.57. The molecule has 0 unspecified atom stereocenters. The van der Waals surface area contributed by atoms with Gasteiger partial charge in [0, 0.05) is 18.7 Å². The zero-order valence-electron chi connectivity index (χ0n) is 15.1. The summed E-state index contributed by atoms with van der Waals surface area (Å²) in [7, 11) is 0. The van der Waals surface area contributed by atoms with Crippen molar-refractivity contribution in [2.24, 2.45) is 0 Å². The molecule has 3 heterocycles. The van der Waals surface area contributed by atoms with Crippen molar-refractivity contribution in [3.63, 3.8) is 0 Å². The van der Waals surface area contributed by atoms with E-state index < -0.39 is 0 Å². The third-order valence-corrected chi connectivity index (χ3v) is 5.81. The molecule has 4 rings (SSSR count). The van der Waals surface area contributed by atoms with Crippen molar-refractivity contribution in [3.05, 3.63) is 81.3 Å². The van der Waals surface area contributed by atoms with E-state index in [1.807, 2.05) is 36.1 Å². The second-order valence-electron chi connectivity index (χ2n) is 6.78. The number of amides is 1. The predicted molar refractivity (Wildman–Crippen MR) is 103 cm³/mol. The molecule has 1 aromatic carbocycles. The molecule has 2 aromatic heterocycles. The van der Waals surface area contributed by atoms with E-state index in [4.69, 9.17) is 4.98 Å². The number of likely N-dealkylation sites (tertiary alicyclic amines) is 1. The summed E-state index contributed by atoms with van der Waals surface area (Å²) in [6.45, 7) is 2.60. The Morgan fingerprint density at radius 1 is 1.30 bits per heavy atom. The van der Waals surface area contributed by atoms with Gasteiger partial charge in [-0.25, -0.2) is 9.37 Å². The van der Waals surface area contributed by atoms with E-state index in [0.29, 0.717) is 11.3 Å². The van der Waals surface area contributed by atoms with Gasteiger partial charge in [-0.05, 0) is 49.6 Å². The van der Waals surface area contributed by atoms with E-state index in [0.717, 1.165) is 42.0 Å². The summed E-state index contributed by atoms with van der Waals surface area (Å²) in [5.74, 6) is -0.203. The quantitative estimate of drug-likeness (QED) is 0.666. The minimum absolute atomic E-state index is 0.0218. The van der Waals surface area contributed by atoms with Crippen molar-refractivity contribution in [2.45, 2.75) is 32.2 Å². The number of aromatic nitrogens is 2. The third kappa shape index (κ3) is 3.76. The second-order valence-corrected chi connectivity index (χ2v) is 7.64. The summed E-state index contributed by atoms with van der Waals surface area (Å²) in [6.07, 6.45) is 2.43. The third-order valence-electron chi connectivity index (χ3n) is 4.90.